The fourth-order valence-electron chi connectivity index (χ4n) is 1.96. The molecule has 2 heterocycles. The molecule has 0 fully saturated rings. The monoisotopic (exact) mass is 336 g/mol. The molecule has 2 aromatic heterocycles. The van der Waals surface area contributed by atoms with Crippen LogP contribution in [-0.4, -0.2) is 13.6 Å². The highest BCUT2D eigenvalue weighted by molar-refractivity contribution is 7.92. The first-order valence-corrected chi connectivity index (χ1v) is 8.16. The van der Waals surface area contributed by atoms with Gasteiger partial charge in [-0.3, -0.25) is 4.72 Å². The minimum atomic E-state index is -3.92. The lowest BCUT2D eigenvalue weighted by atomic mass is 10.2. The van der Waals surface area contributed by atoms with Crippen molar-refractivity contribution in [2.24, 2.45) is 0 Å². The molecule has 0 amide bonds. The van der Waals surface area contributed by atoms with Crippen LogP contribution in [0.4, 0.5) is 10.1 Å². The van der Waals surface area contributed by atoms with Crippen LogP contribution in [0.1, 0.15) is 11.3 Å². The van der Waals surface area contributed by atoms with Gasteiger partial charge in [0.2, 0.25) is 10.9 Å². The standard InChI is InChI=1S/C15H13FN2O4S/c1-9-10(2)17-22-15(9)13-7-8-14(21-13)23(19,20)18-12-5-3-11(16)4-6-12/h3-8,18H,1-2H3. The van der Waals surface area contributed by atoms with Crippen LogP contribution in [0, 0.1) is 19.7 Å². The number of sulfonamides is 1. The van der Waals surface area contributed by atoms with E-state index in [0.717, 1.165) is 17.7 Å². The van der Waals surface area contributed by atoms with E-state index in [1.54, 1.807) is 13.8 Å². The summed E-state index contributed by atoms with van der Waals surface area (Å²) < 4.78 is 50.2. The summed E-state index contributed by atoms with van der Waals surface area (Å²) in [6, 6.07) is 7.77. The maximum Gasteiger partial charge on any atom is 0.295 e. The number of nitrogens with zero attached hydrogens (tertiary/aromatic N) is 1. The van der Waals surface area contributed by atoms with Gasteiger partial charge in [0.15, 0.2) is 5.76 Å². The fraction of sp³-hybridized carbons (Fsp3) is 0.133. The molecule has 0 saturated heterocycles. The molecule has 8 heteroatoms. The second-order valence-electron chi connectivity index (χ2n) is 4.95. The Balaban J connectivity index is 1.89. The summed E-state index contributed by atoms with van der Waals surface area (Å²) in [7, 11) is -3.92. The second-order valence-corrected chi connectivity index (χ2v) is 6.57. The Bertz CT molecular complexity index is 942. The summed E-state index contributed by atoms with van der Waals surface area (Å²) >= 11 is 0. The third-order valence-electron chi connectivity index (χ3n) is 3.32. The Hall–Kier alpha value is -2.61. The highest BCUT2D eigenvalue weighted by Gasteiger charge is 2.22. The van der Waals surface area contributed by atoms with Gasteiger partial charge in [0.25, 0.3) is 10.0 Å². The minimum Gasteiger partial charge on any atom is -0.439 e. The van der Waals surface area contributed by atoms with Crippen LogP contribution in [0.3, 0.4) is 0 Å². The molecule has 0 radical (unpaired) electrons. The van der Waals surface area contributed by atoms with Crippen molar-refractivity contribution in [2.75, 3.05) is 4.72 Å². The summed E-state index contributed by atoms with van der Waals surface area (Å²) in [6.07, 6.45) is 0. The Morgan fingerprint density at radius 3 is 2.39 bits per heavy atom. The van der Waals surface area contributed by atoms with Crippen molar-refractivity contribution < 1.29 is 21.7 Å². The zero-order chi connectivity index (χ0) is 16.6. The number of hydrogen-bond acceptors (Lipinski definition) is 5. The van der Waals surface area contributed by atoms with Crippen molar-refractivity contribution in [1.82, 2.24) is 5.16 Å². The molecule has 0 atom stereocenters. The van der Waals surface area contributed by atoms with Gasteiger partial charge in [-0.15, -0.1) is 0 Å². The summed E-state index contributed by atoms with van der Waals surface area (Å²) in [6.45, 7) is 3.58. The van der Waals surface area contributed by atoms with Crippen molar-refractivity contribution in [2.45, 2.75) is 18.9 Å². The Morgan fingerprint density at radius 2 is 1.78 bits per heavy atom. The van der Waals surface area contributed by atoms with Crippen LogP contribution in [-0.2, 0) is 10.0 Å². The van der Waals surface area contributed by atoms with Crippen LogP contribution in [0.5, 0.6) is 0 Å². The average molecular weight is 336 g/mol. The Morgan fingerprint density at radius 1 is 1.09 bits per heavy atom. The first-order chi connectivity index (χ1) is 10.9. The number of halogens is 1. The number of rotatable bonds is 4. The largest absolute Gasteiger partial charge is 0.439 e. The van der Waals surface area contributed by atoms with Gasteiger partial charge < -0.3 is 8.94 Å². The summed E-state index contributed by atoms with van der Waals surface area (Å²) in [5.41, 5.74) is 1.70. The van der Waals surface area contributed by atoms with Gasteiger partial charge >= 0.3 is 0 Å². The molecule has 6 nitrogen and oxygen atoms in total. The van der Waals surface area contributed by atoms with Crippen molar-refractivity contribution in [3.05, 3.63) is 53.5 Å². The maximum absolute atomic E-state index is 12.9. The van der Waals surface area contributed by atoms with Gasteiger partial charge in [-0.2, -0.15) is 8.42 Å². The van der Waals surface area contributed by atoms with Crippen molar-refractivity contribution in [3.63, 3.8) is 0 Å². The molecule has 1 N–H and O–H groups in total. The molecule has 0 spiro atoms. The van der Waals surface area contributed by atoms with E-state index in [1.165, 1.54) is 24.3 Å². The third kappa shape index (κ3) is 2.98. The highest BCUT2D eigenvalue weighted by Crippen LogP contribution is 2.29. The molecule has 3 aromatic rings. The predicted molar refractivity (Wildman–Crippen MR) is 80.9 cm³/mol. The van der Waals surface area contributed by atoms with Crippen molar-refractivity contribution in [3.8, 4) is 11.5 Å². The first-order valence-electron chi connectivity index (χ1n) is 6.68. The van der Waals surface area contributed by atoms with Gasteiger partial charge in [0.05, 0.1) is 5.69 Å². The smallest absolute Gasteiger partial charge is 0.295 e. The molecule has 0 bridgehead atoms. The topological polar surface area (TPSA) is 85.3 Å². The van der Waals surface area contributed by atoms with Crippen LogP contribution < -0.4 is 4.72 Å². The molecule has 1 aromatic carbocycles. The molecular weight excluding hydrogens is 323 g/mol. The predicted octanol–water partition coefficient (Wildman–Crippen LogP) is 3.49. The Kier molecular flexibility index (Phi) is 3.69. The van der Waals surface area contributed by atoms with Crippen LogP contribution >= 0.6 is 0 Å². The number of anilines is 1. The molecule has 23 heavy (non-hydrogen) atoms. The van der Waals surface area contributed by atoms with Crippen molar-refractivity contribution in [1.29, 1.82) is 0 Å². The van der Waals surface area contributed by atoms with Gasteiger partial charge in [-0.1, -0.05) is 5.16 Å². The lowest BCUT2D eigenvalue weighted by Gasteiger charge is -2.05. The van der Waals surface area contributed by atoms with E-state index >= 15 is 0 Å². The first kappa shape index (κ1) is 15.3. The van der Waals surface area contributed by atoms with Crippen LogP contribution in [0.15, 0.2) is 50.4 Å². The zero-order valence-electron chi connectivity index (χ0n) is 12.3. The molecule has 0 aliphatic heterocycles. The average Bonchev–Trinajstić information content (AvgIpc) is 3.10. The fourth-order valence-corrected chi connectivity index (χ4v) is 2.95. The summed E-state index contributed by atoms with van der Waals surface area (Å²) in [5, 5.41) is 3.53. The second kappa shape index (κ2) is 5.54. The zero-order valence-corrected chi connectivity index (χ0v) is 13.1. The van der Waals surface area contributed by atoms with Gasteiger partial charge in [-0.25, -0.2) is 4.39 Å². The van der Waals surface area contributed by atoms with E-state index in [4.69, 9.17) is 8.94 Å². The molecule has 0 aliphatic carbocycles. The number of furan rings is 1. The third-order valence-corrected chi connectivity index (χ3v) is 4.58. The molecule has 0 saturated carbocycles. The number of aryl methyl sites for hydroxylation is 1. The normalized spacial score (nSPS) is 11.6. The SMILES string of the molecule is Cc1noc(-c2ccc(S(=O)(=O)Nc3ccc(F)cc3)o2)c1C. The van der Waals surface area contributed by atoms with E-state index in [1.807, 2.05) is 0 Å². The van der Waals surface area contributed by atoms with Crippen LogP contribution in [0.25, 0.3) is 11.5 Å². The molecular formula is C15H13FN2O4S. The van der Waals surface area contributed by atoms with E-state index in [-0.39, 0.29) is 16.5 Å². The van der Waals surface area contributed by atoms with E-state index in [0.29, 0.717) is 11.5 Å². The lowest BCUT2D eigenvalue weighted by molar-refractivity contribution is 0.398. The number of aromatic nitrogens is 1. The van der Waals surface area contributed by atoms with Gasteiger partial charge in [0, 0.05) is 11.3 Å². The molecule has 3 rings (SSSR count). The quantitative estimate of drug-likeness (QED) is 0.788. The number of hydrogen-bond donors (Lipinski definition) is 1. The summed E-state index contributed by atoms with van der Waals surface area (Å²) in [4.78, 5) is 0. The van der Waals surface area contributed by atoms with Gasteiger partial charge in [0.1, 0.15) is 5.82 Å². The highest BCUT2D eigenvalue weighted by atomic mass is 32.2. The molecule has 0 aliphatic rings. The maximum atomic E-state index is 12.9. The lowest BCUT2D eigenvalue weighted by Crippen LogP contribution is -2.11. The van der Waals surface area contributed by atoms with Crippen LogP contribution in [0.2, 0.25) is 0 Å². The molecule has 0 unspecified atom stereocenters. The van der Waals surface area contributed by atoms with Crippen molar-refractivity contribution >= 4 is 15.7 Å². The summed E-state index contributed by atoms with van der Waals surface area (Å²) in [5.74, 6) is 0.192. The number of nitrogens with one attached hydrogen (secondary N) is 1. The van der Waals surface area contributed by atoms with E-state index in [2.05, 4.69) is 9.88 Å². The Labute approximate surface area is 132 Å². The van der Waals surface area contributed by atoms with E-state index in [9.17, 15) is 12.8 Å². The molecule has 120 valence electrons. The van der Waals surface area contributed by atoms with E-state index < -0.39 is 15.8 Å². The number of benzene rings is 1. The van der Waals surface area contributed by atoms with Gasteiger partial charge in [-0.05, 0) is 50.2 Å². The minimum absolute atomic E-state index is 0.232.